The summed E-state index contributed by atoms with van der Waals surface area (Å²) in [6, 6.07) is 9.42. The highest BCUT2D eigenvalue weighted by Gasteiger charge is 2.39. The van der Waals surface area contributed by atoms with Crippen LogP contribution in [0, 0.1) is 0 Å². The lowest BCUT2D eigenvalue weighted by atomic mass is 10.2. The molecule has 1 unspecified atom stereocenters. The van der Waals surface area contributed by atoms with E-state index in [0.29, 0.717) is 30.1 Å². The second-order valence-corrected chi connectivity index (χ2v) is 8.65. The van der Waals surface area contributed by atoms with Gasteiger partial charge in [-0.15, -0.1) is 11.3 Å². The molecule has 2 aromatic rings. The number of carbonyl (C=O) groups excluding carboxylic acids is 1. The van der Waals surface area contributed by atoms with Crippen LogP contribution >= 0.6 is 22.9 Å². The third-order valence-corrected chi connectivity index (χ3v) is 7.31. The SMILES string of the molecule is O=C(Nc1ccccc1Cl)C1CCCN1S(=O)(=O)c1cccs1. The van der Waals surface area contributed by atoms with Gasteiger partial charge in [-0.2, -0.15) is 4.31 Å². The molecule has 0 bridgehead atoms. The van der Waals surface area contributed by atoms with E-state index < -0.39 is 16.1 Å². The minimum atomic E-state index is -3.63. The minimum absolute atomic E-state index is 0.259. The van der Waals surface area contributed by atoms with Crippen LogP contribution in [0.5, 0.6) is 0 Å². The van der Waals surface area contributed by atoms with Crippen molar-refractivity contribution in [3.05, 3.63) is 46.8 Å². The first-order valence-electron chi connectivity index (χ1n) is 7.11. The molecule has 0 aliphatic carbocycles. The summed E-state index contributed by atoms with van der Waals surface area (Å²) in [5.41, 5.74) is 0.486. The van der Waals surface area contributed by atoms with Gasteiger partial charge in [0.1, 0.15) is 10.3 Å². The van der Waals surface area contributed by atoms with Crippen LogP contribution in [0.3, 0.4) is 0 Å². The Bertz CT molecular complexity index is 806. The second-order valence-electron chi connectivity index (χ2n) is 5.17. The summed E-state index contributed by atoms with van der Waals surface area (Å²) in [6.45, 7) is 0.348. The molecule has 0 spiro atoms. The van der Waals surface area contributed by atoms with Gasteiger partial charge in [0.05, 0.1) is 10.7 Å². The highest BCUT2D eigenvalue weighted by Crippen LogP contribution is 2.30. The molecule has 1 amide bonds. The molecule has 1 N–H and O–H groups in total. The van der Waals surface area contributed by atoms with Crippen molar-refractivity contribution in [2.24, 2.45) is 0 Å². The molecule has 23 heavy (non-hydrogen) atoms. The van der Waals surface area contributed by atoms with Crippen molar-refractivity contribution in [3.8, 4) is 0 Å². The van der Waals surface area contributed by atoms with E-state index in [1.165, 1.54) is 4.31 Å². The molecule has 0 saturated carbocycles. The normalized spacial score (nSPS) is 18.9. The summed E-state index contributed by atoms with van der Waals surface area (Å²) >= 11 is 7.19. The Labute approximate surface area is 143 Å². The Kier molecular flexibility index (Phi) is 4.72. The van der Waals surface area contributed by atoms with Crippen LogP contribution in [0.1, 0.15) is 12.8 Å². The summed E-state index contributed by atoms with van der Waals surface area (Å²) in [6.07, 6.45) is 1.16. The monoisotopic (exact) mass is 370 g/mol. The van der Waals surface area contributed by atoms with Crippen LogP contribution < -0.4 is 5.32 Å². The number of nitrogens with zero attached hydrogens (tertiary/aromatic N) is 1. The van der Waals surface area contributed by atoms with Crippen LogP contribution in [0.4, 0.5) is 5.69 Å². The van der Waals surface area contributed by atoms with E-state index in [-0.39, 0.29) is 10.1 Å². The average Bonchev–Trinajstić information content (AvgIpc) is 3.21. The molecule has 1 aromatic carbocycles. The van der Waals surface area contributed by atoms with Crippen molar-refractivity contribution in [2.45, 2.75) is 23.1 Å². The number of thiophene rings is 1. The molecule has 1 aliphatic rings. The molecule has 2 heterocycles. The zero-order chi connectivity index (χ0) is 16.4. The third-order valence-electron chi connectivity index (χ3n) is 3.70. The Morgan fingerprint density at radius 2 is 2.04 bits per heavy atom. The lowest BCUT2D eigenvalue weighted by molar-refractivity contribution is -0.119. The van der Waals surface area contributed by atoms with Crippen LogP contribution in [0.25, 0.3) is 0 Å². The number of halogens is 1. The van der Waals surface area contributed by atoms with Crippen molar-refractivity contribution in [1.82, 2.24) is 4.31 Å². The van der Waals surface area contributed by atoms with Gasteiger partial charge in [0.15, 0.2) is 0 Å². The summed E-state index contributed by atoms with van der Waals surface area (Å²) in [4.78, 5) is 12.5. The standard InChI is InChI=1S/C15H15ClN2O3S2/c16-11-5-1-2-6-12(11)17-15(19)13-7-3-9-18(13)23(20,21)14-8-4-10-22-14/h1-2,4-6,8,10,13H,3,7,9H2,(H,17,19). The predicted molar refractivity (Wildman–Crippen MR) is 91.3 cm³/mol. The predicted octanol–water partition coefficient (Wildman–Crippen LogP) is 3.19. The molecule has 1 aliphatic heterocycles. The number of nitrogens with one attached hydrogen (secondary N) is 1. The maximum Gasteiger partial charge on any atom is 0.253 e. The van der Waals surface area contributed by atoms with Crippen molar-refractivity contribution < 1.29 is 13.2 Å². The fourth-order valence-electron chi connectivity index (χ4n) is 2.59. The number of benzene rings is 1. The van der Waals surface area contributed by atoms with Gasteiger partial charge in [0.25, 0.3) is 10.0 Å². The molecular formula is C15H15ClN2O3S2. The fourth-order valence-corrected chi connectivity index (χ4v) is 5.55. The van der Waals surface area contributed by atoms with Gasteiger partial charge < -0.3 is 5.32 Å². The first kappa shape index (κ1) is 16.4. The maximum absolute atomic E-state index is 12.7. The highest BCUT2D eigenvalue weighted by molar-refractivity contribution is 7.91. The van der Waals surface area contributed by atoms with E-state index in [0.717, 1.165) is 11.3 Å². The Hall–Kier alpha value is -1.41. The number of sulfonamides is 1. The van der Waals surface area contributed by atoms with Gasteiger partial charge >= 0.3 is 0 Å². The van der Waals surface area contributed by atoms with E-state index >= 15 is 0 Å². The number of rotatable bonds is 4. The van der Waals surface area contributed by atoms with E-state index in [2.05, 4.69) is 5.32 Å². The Morgan fingerprint density at radius 3 is 2.74 bits per heavy atom. The van der Waals surface area contributed by atoms with Crippen molar-refractivity contribution in [3.63, 3.8) is 0 Å². The topological polar surface area (TPSA) is 66.5 Å². The smallest absolute Gasteiger partial charge is 0.253 e. The number of anilines is 1. The Balaban J connectivity index is 1.82. The molecular weight excluding hydrogens is 356 g/mol. The van der Waals surface area contributed by atoms with Gasteiger partial charge in [0, 0.05) is 6.54 Å². The summed E-state index contributed by atoms with van der Waals surface area (Å²) in [7, 11) is -3.63. The lowest BCUT2D eigenvalue weighted by Gasteiger charge is -2.22. The quantitative estimate of drug-likeness (QED) is 0.898. The molecule has 122 valence electrons. The van der Waals surface area contributed by atoms with Crippen LogP contribution in [-0.4, -0.2) is 31.2 Å². The van der Waals surface area contributed by atoms with Crippen LogP contribution in [0.2, 0.25) is 5.02 Å². The number of carbonyl (C=O) groups is 1. The van der Waals surface area contributed by atoms with Gasteiger partial charge in [-0.3, -0.25) is 4.79 Å². The molecule has 3 rings (SSSR count). The third kappa shape index (κ3) is 3.28. The fraction of sp³-hybridized carbons (Fsp3) is 0.267. The van der Waals surface area contributed by atoms with E-state index in [1.54, 1.807) is 41.8 Å². The summed E-state index contributed by atoms with van der Waals surface area (Å²) in [5.74, 6) is -0.351. The molecule has 1 atom stereocenters. The molecule has 8 heteroatoms. The highest BCUT2D eigenvalue weighted by atomic mass is 35.5. The van der Waals surface area contributed by atoms with E-state index in [4.69, 9.17) is 11.6 Å². The summed E-state index contributed by atoms with van der Waals surface area (Å²) in [5, 5.41) is 4.86. The second kappa shape index (κ2) is 6.60. The zero-order valence-electron chi connectivity index (χ0n) is 12.1. The largest absolute Gasteiger partial charge is 0.323 e. The minimum Gasteiger partial charge on any atom is -0.323 e. The zero-order valence-corrected chi connectivity index (χ0v) is 14.5. The molecule has 1 aromatic heterocycles. The first-order chi connectivity index (χ1) is 11.0. The lowest BCUT2D eigenvalue weighted by Crippen LogP contribution is -2.42. The molecule has 0 radical (unpaired) electrons. The van der Waals surface area contributed by atoms with Gasteiger partial charge in [-0.1, -0.05) is 29.8 Å². The van der Waals surface area contributed by atoms with Crippen molar-refractivity contribution >= 4 is 44.6 Å². The van der Waals surface area contributed by atoms with Gasteiger partial charge in [-0.25, -0.2) is 8.42 Å². The molecule has 1 saturated heterocycles. The van der Waals surface area contributed by atoms with Crippen molar-refractivity contribution in [1.29, 1.82) is 0 Å². The van der Waals surface area contributed by atoms with Crippen molar-refractivity contribution in [2.75, 3.05) is 11.9 Å². The maximum atomic E-state index is 12.7. The average molecular weight is 371 g/mol. The summed E-state index contributed by atoms with van der Waals surface area (Å²) < 4.78 is 26.9. The van der Waals surface area contributed by atoms with Gasteiger partial charge in [0.2, 0.25) is 5.91 Å². The number of hydrogen-bond donors (Lipinski definition) is 1. The van der Waals surface area contributed by atoms with Crippen LogP contribution in [-0.2, 0) is 14.8 Å². The first-order valence-corrected chi connectivity index (χ1v) is 9.80. The number of para-hydroxylation sites is 1. The molecule has 1 fully saturated rings. The van der Waals surface area contributed by atoms with Crippen LogP contribution in [0.15, 0.2) is 46.0 Å². The Morgan fingerprint density at radius 1 is 1.26 bits per heavy atom. The number of amides is 1. The van der Waals surface area contributed by atoms with E-state index in [9.17, 15) is 13.2 Å². The molecule has 5 nitrogen and oxygen atoms in total. The van der Waals surface area contributed by atoms with Gasteiger partial charge in [-0.05, 0) is 36.4 Å². The van der Waals surface area contributed by atoms with E-state index in [1.807, 2.05) is 0 Å². The number of hydrogen-bond acceptors (Lipinski definition) is 4.